The van der Waals surface area contributed by atoms with Gasteiger partial charge >= 0.3 is 0 Å². The Morgan fingerprint density at radius 1 is 1.43 bits per heavy atom. The van der Waals surface area contributed by atoms with E-state index in [9.17, 15) is 4.79 Å². The molecule has 0 aliphatic heterocycles. The number of carbonyl (C=O) groups excluding carboxylic acids is 1. The molecule has 0 radical (unpaired) electrons. The molecule has 1 fully saturated rings. The molecule has 0 aromatic heterocycles. The van der Waals surface area contributed by atoms with Crippen LogP contribution in [0.15, 0.2) is 22.7 Å². The zero-order valence-electron chi connectivity index (χ0n) is 7.92. The maximum absolute atomic E-state index is 10.7. The highest BCUT2D eigenvalue weighted by atomic mass is 79.9. The topological polar surface area (TPSA) is 26.3 Å². The first-order valence-corrected chi connectivity index (χ1v) is 5.39. The Morgan fingerprint density at radius 3 is 2.71 bits per heavy atom. The molecule has 2 rings (SSSR count). The molecule has 2 nitrogen and oxygen atoms in total. The van der Waals surface area contributed by atoms with E-state index < -0.39 is 0 Å². The summed E-state index contributed by atoms with van der Waals surface area (Å²) in [6, 6.07) is 5.88. The summed E-state index contributed by atoms with van der Waals surface area (Å²) in [5.74, 6) is 1.13. The molecule has 1 aromatic rings. The number of rotatable bonds is 2. The maximum Gasteiger partial charge on any atom is 0.140 e. The lowest BCUT2D eigenvalue weighted by Crippen LogP contribution is -2.33. The van der Waals surface area contributed by atoms with Crippen molar-refractivity contribution in [1.29, 1.82) is 0 Å². The van der Waals surface area contributed by atoms with E-state index in [1.54, 1.807) is 0 Å². The van der Waals surface area contributed by atoms with Crippen molar-refractivity contribution < 1.29 is 9.53 Å². The van der Waals surface area contributed by atoms with E-state index in [2.05, 4.69) is 15.9 Å². The van der Waals surface area contributed by atoms with E-state index >= 15 is 0 Å². The van der Waals surface area contributed by atoms with Gasteiger partial charge in [0.05, 0.1) is 0 Å². The van der Waals surface area contributed by atoms with E-state index in [0.717, 1.165) is 10.2 Å². The Labute approximate surface area is 91.4 Å². The zero-order valence-corrected chi connectivity index (χ0v) is 9.50. The van der Waals surface area contributed by atoms with Gasteiger partial charge in [0.15, 0.2) is 0 Å². The van der Waals surface area contributed by atoms with E-state index in [0.29, 0.717) is 18.6 Å². The van der Waals surface area contributed by atoms with Gasteiger partial charge in [-0.2, -0.15) is 0 Å². The summed E-state index contributed by atoms with van der Waals surface area (Å²) in [7, 11) is 0. The molecule has 0 unspecified atom stereocenters. The van der Waals surface area contributed by atoms with E-state index in [1.165, 1.54) is 5.56 Å². The number of Topliss-reactive ketones (excluding diaryl/α,β-unsaturated/α-hetero) is 1. The summed E-state index contributed by atoms with van der Waals surface area (Å²) in [6.07, 6.45) is 1.22. The minimum Gasteiger partial charge on any atom is -0.489 e. The zero-order chi connectivity index (χ0) is 10.1. The molecule has 1 aliphatic rings. The van der Waals surface area contributed by atoms with Gasteiger partial charge in [-0.3, -0.25) is 4.79 Å². The summed E-state index contributed by atoms with van der Waals surface area (Å²) < 4.78 is 6.65. The number of ketones is 1. The quantitative estimate of drug-likeness (QED) is 0.812. The normalized spacial score (nSPS) is 16.6. The predicted molar refractivity (Wildman–Crippen MR) is 57.5 cm³/mol. The van der Waals surface area contributed by atoms with Crippen molar-refractivity contribution in [2.75, 3.05) is 0 Å². The van der Waals surface area contributed by atoms with Gasteiger partial charge in [-0.1, -0.05) is 22.0 Å². The Morgan fingerprint density at radius 2 is 2.14 bits per heavy atom. The molecule has 0 atom stereocenters. The average Bonchev–Trinajstić information content (AvgIpc) is 2.09. The second-order valence-corrected chi connectivity index (χ2v) is 4.45. The molecule has 1 saturated carbocycles. The lowest BCUT2D eigenvalue weighted by atomic mass is 9.94. The minimum atomic E-state index is 0.0945. The van der Waals surface area contributed by atoms with Crippen LogP contribution in [-0.2, 0) is 4.79 Å². The van der Waals surface area contributed by atoms with E-state index in [1.807, 2.05) is 25.1 Å². The summed E-state index contributed by atoms with van der Waals surface area (Å²) in [5.41, 5.74) is 1.18. The predicted octanol–water partition coefficient (Wildman–Crippen LogP) is 2.87. The van der Waals surface area contributed by atoms with Crippen molar-refractivity contribution in [1.82, 2.24) is 0 Å². The van der Waals surface area contributed by atoms with Crippen molar-refractivity contribution in [2.45, 2.75) is 25.9 Å². The summed E-state index contributed by atoms with van der Waals surface area (Å²) >= 11 is 3.44. The number of halogens is 1. The van der Waals surface area contributed by atoms with Gasteiger partial charge in [-0.25, -0.2) is 0 Å². The number of aryl methyl sites for hydroxylation is 1. The molecule has 0 saturated heterocycles. The molecule has 74 valence electrons. The van der Waals surface area contributed by atoms with Crippen molar-refractivity contribution >= 4 is 21.7 Å². The number of hydrogen-bond acceptors (Lipinski definition) is 2. The van der Waals surface area contributed by atoms with Gasteiger partial charge in [0.2, 0.25) is 0 Å². The number of ether oxygens (including phenoxy) is 1. The molecule has 1 aliphatic carbocycles. The van der Waals surface area contributed by atoms with Crippen LogP contribution in [0.1, 0.15) is 18.4 Å². The maximum atomic E-state index is 10.7. The van der Waals surface area contributed by atoms with Crippen LogP contribution < -0.4 is 4.74 Å². The number of benzene rings is 1. The smallest absolute Gasteiger partial charge is 0.140 e. The Balaban J connectivity index is 2.03. The fraction of sp³-hybridized carbons (Fsp3) is 0.364. The summed E-state index contributed by atoms with van der Waals surface area (Å²) in [5, 5.41) is 0. The van der Waals surface area contributed by atoms with Gasteiger partial charge in [0.25, 0.3) is 0 Å². The van der Waals surface area contributed by atoms with Gasteiger partial charge in [-0.15, -0.1) is 0 Å². The molecular weight excluding hydrogens is 244 g/mol. The fourth-order valence-corrected chi connectivity index (χ4v) is 1.73. The second kappa shape index (κ2) is 3.73. The molecule has 0 spiro atoms. The van der Waals surface area contributed by atoms with Crippen LogP contribution in [0.4, 0.5) is 0 Å². The minimum absolute atomic E-state index is 0.0945. The average molecular weight is 255 g/mol. The second-order valence-electron chi connectivity index (χ2n) is 3.60. The first-order valence-electron chi connectivity index (χ1n) is 4.59. The third-order valence-corrected chi connectivity index (χ3v) is 3.21. The van der Waals surface area contributed by atoms with Crippen LogP contribution in [0.5, 0.6) is 5.75 Å². The van der Waals surface area contributed by atoms with Crippen molar-refractivity contribution in [3.63, 3.8) is 0 Å². The fourth-order valence-electron chi connectivity index (χ4n) is 1.37. The Bertz CT molecular complexity index is 366. The molecule has 0 bridgehead atoms. The highest BCUT2D eigenvalue weighted by Crippen LogP contribution is 2.26. The molecule has 14 heavy (non-hydrogen) atoms. The SMILES string of the molecule is Cc1ccc(OC2CC(=O)C2)cc1Br. The van der Waals surface area contributed by atoms with Crippen molar-refractivity contribution in [3.8, 4) is 5.75 Å². The van der Waals surface area contributed by atoms with Crippen LogP contribution in [0.25, 0.3) is 0 Å². The molecule has 0 amide bonds. The third-order valence-electron chi connectivity index (χ3n) is 2.36. The molecule has 3 heteroatoms. The highest BCUT2D eigenvalue weighted by molar-refractivity contribution is 9.10. The standard InChI is InChI=1S/C11H11BrO2/c1-7-2-3-9(6-11(7)12)14-10-4-8(13)5-10/h2-3,6,10H,4-5H2,1H3. The van der Waals surface area contributed by atoms with Crippen molar-refractivity contribution in [2.24, 2.45) is 0 Å². The first kappa shape index (κ1) is 9.71. The monoisotopic (exact) mass is 254 g/mol. The van der Waals surface area contributed by atoms with Crippen molar-refractivity contribution in [3.05, 3.63) is 28.2 Å². The first-order chi connectivity index (χ1) is 6.65. The lowest BCUT2D eigenvalue weighted by molar-refractivity contribution is -0.129. The van der Waals surface area contributed by atoms with Gasteiger partial charge in [-0.05, 0) is 24.6 Å². The van der Waals surface area contributed by atoms with Crippen LogP contribution in [0.2, 0.25) is 0 Å². The van der Waals surface area contributed by atoms with Crippen LogP contribution >= 0.6 is 15.9 Å². The Hall–Kier alpha value is -0.830. The largest absolute Gasteiger partial charge is 0.489 e. The Kier molecular flexibility index (Phi) is 2.59. The van der Waals surface area contributed by atoms with Gasteiger partial charge in [0, 0.05) is 17.3 Å². The molecule has 1 aromatic carbocycles. The van der Waals surface area contributed by atoms with Crippen LogP contribution in [-0.4, -0.2) is 11.9 Å². The molecular formula is C11H11BrO2. The van der Waals surface area contributed by atoms with Gasteiger partial charge < -0.3 is 4.74 Å². The number of carbonyl (C=O) groups is 1. The number of hydrogen-bond donors (Lipinski definition) is 0. The molecule has 0 heterocycles. The van der Waals surface area contributed by atoms with Gasteiger partial charge in [0.1, 0.15) is 17.6 Å². The highest BCUT2D eigenvalue weighted by Gasteiger charge is 2.28. The summed E-state index contributed by atoms with van der Waals surface area (Å²) in [4.78, 5) is 10.7. The van der Waals surface area contributed by atoms with E-state index in [-0.39, 0.29) is 6.10 Å². The van der Waals surface area contributed by atoms with Crippen LogP contribution in [0, 0.1) is 6.92 Å². The van der Waals surface area contributed by atoms with Crippen LogP contribution in [0.3, 0.4) is 0 Å². The lowest BCUT2D eigenvalue weighted by Gasteiger charge is -2.25. The third kappa shape index (κ3) is 1.98. The molecule has 0 N–H and O–H groups in total. The van der Waals surface area contributed by atoms with E-state index in [4.69, 9.17) is 4.74 Å². The summed E-state index contributed by atoms with van der Waals surface area (Å²) in [6.45, 7) is 2.03.